The Morgan fingerprint density at radius 3 is 2.67 bits per heavy atom. The van der Waals surface area contributed by atoms with Gasteiger partial charge in [0.05, 0.1) is 0 Å². The van der Waals surface area contributed by atoms with Gasteiger partial charge in [0.25, 0.3) is 0 Å². The molecule has 3 nitrogen and oxygen atoms in total. The molecule has 4 heteroatoms. The molecule has 0 spiro atoms. The lowest BCUT2D eigenvalue weighted by Gasteiger charge is -2.33. The molecule has 2 rings (SSSR count). The Morgan fingerprint density at radius 2 is 2.11 bits per heavy atom. The minimum absolute atomic E-state index is 0.650. The molecule has 1 aliphatic heterocycles. The molecule has 1 unspecified atom stereocenters. The molecule has 1 fully saturated rings. The van der Waals surface area contributed by atoms with E-state index in [-0.39, 0.29) is 0 Å². The number of hydrogen-bond donors (Lipinski definition) is 1. The van der Waals surface area contributed by atoms with Crippen LogP contribution in [0, 0.1) is 3.57 Å². The van der Waals surface area contributed by atoms with Crippen molar-refractivity contribution in [2.24, 2.45) is 0 Å². The Bertz CT molecular complexity index is 432. The van der Waals surface area contributed by atoms with Crippen molar-refractivity contribution < 1.29 is 9.90 Å². The molecule has 1 aliphatic rings. The average molecular weight is 359 g/mol. The molecule has 0 amide bonds. The smallest absolute Gasteiger partial charge is 0.324 e. The number of likely N-dealkylation sites (tertiary alicyclic amines) is 1. The van der Waals surface area contributed by atoms with Crippen LogP contribution < -0.4 is 0 Å². The van der Waals surface area contributed by atoms with Crippen molar-refractivity contribution in [1.29, 1.82) is 0 Å². The molecular weight excluding hydrogens is 341 g/mol. The second-order valence-corrected chi connectivity index (χ2v) is 6.09. The molecule has 0 bridgehead atoms. The van der Waals surface area contributed by atoms with Crippen molar-refractivity contribution in [3.63, 3.8) is 0 Å². The lowest BCUT2D eigenvalue weighted by atomic mass is 9.92. The third-order valence-corrected chi connectivity index (χ3v) is 4.61. The summed E-state index contributed by atoms with van der Waals surface area (Å²) in [5, 5.41) is 9.51. The fourth-order valence-corrected chi connectivity index (χ4v) is 3.13. The van der Waals surface area contributed by atoms with Gasteiger partial charge in [-0.25, -0.2) is 0 Å². The summed E-state index contributed by atoms with van der Waals surface area (Å²) in [7, 11) is 0. The standard InChI is InChI=1S/C14H18INO2/c1-2-14(13(17)18)8-3-9-16(14)10-11-4-6-12(15)7-5-11/h4-7H,2-3,8-10H2,1H3,(H,17,18). The maximum absolute atomic E-state index is 11.6. The third-order valence-electron chi connectivity index (χ3n) is 3.89. The van der Waals surface area contributed by atoms with Gasteiger partial charge in [0.1, 0.15) is 5.54 Å². The van der Waals surface area contributed by atoms with Gasteiger partial charge in [-0.05, 0) is 66.1 Å². The van der Waals surface area contributed by atoms with Gasteiger partial charge in [0.2, 0.25) is 0 Å². The summed E-state index contributed by atoms with van der Waals surface area (Å²) in [6.07, 6.45) is 2.42. The molecule has 0 saturated carbocycles. The Labute approximate surface area is 121 Å². The van der Waals surface area contributed by atoms with Crippen molar-refractivity contribution in [3.05, 3.63) is 33.4 Å². The Balaban J connectivity index is 2.17. The van der Waals surface area contributed by atoms with Crippen LogP contribution >= 0.6 is 22.6 Å². The van der Waals surface area contributed by atoms with Gasteiger partial charge in [0.15, 0.2) is 0 Å². The van der Waals surface area contributed by atoms with Gasteiger partial charge in [-0.1, -0.05) is 19.1 Å². The molecule has 98 valence electrons. The van der Waals surface area contributed by atoms with Gasteiger partial charge < -0.3 is 5.11 Å². The van der Waals surface area contributed by atoms with Crippen molar-refractivity contribution in [1.82, 2.24) is 4.90 Å². The molecule has 0 aliphatic carbocycles. The third kappa shape index (κ3) is 2.54. The van der Waals surface area contributed by atoms with Crippen LogP contribution in [-0.2, 0) is 11.3 Å². The van der Waals surface area contributed by atoms with Crippen LogP contribution in [0.2, 0.25) is 0 Å². The van der Waals surface area contributed by atoms with Crippen molar-refractivity contribution in [3.8, 4) is 0 Å². The van der Waals surface area contributed by atoms with E-state index in [1.807, 2.05) is 6.92 Å². The number of rotatable bonds is 4. The van der Waals surface area contributed by atoms with E-state index in [0.717, 1.165) is 25.9 Å². The van der Waals surface area contributed by atoms with Gasteiger partial charge in [0, 0.05) is 10.1 Å². The number of hydrogen-bond acceptors (Lipinski definition) is 2. The van der Waals surface area contributed by atoms with Gasteiger partial charge in [-0.2, -0.15) is 0 Å². The van der Waals surface area contributed by atoms with Crippen LogP contribution in [0.3, 0.4) is 0 Å². The number of nitrogens with zero attached hydrogens (tertiary/aromatic N) is 1. The van der Waals surface area contributed by atoms with E-state index in [1.54, 1.807) is 0 Å². The van der Waals surface area contributed by atoms with E-state index in [0.29, 0.717) is 6.42 Å². The molecule has 0 aromatic heterocycles. The fraction of sp³-hybridized carbons (Fsp3) is 0.500. The SMILES string of the molecule is CCC1(C(=O)O)CCCN1Cc1ccc(I)cc1. The first-order valence-corrected chi connectivity index (χ1v) is 7.39. The minimum Gasteiger partial charge on any atom is -0.480 e. The normalized spacial score (nSPS) is 24.3. The van der Waals surface area contributed by atoms with Gasteiger partial charge in [-0.15, -0.1) is 0 Å². The van der Waals surface area contributed by atoms with Crippen molar-refractivity contribution in [2.75, 3.05) is 6.54 Å². The van der Waals surface area contributed by atoms with Crippen LogP contribution in [0.25, 0.3) is 0 Å². The number of aliphatic carboxylic acids is 1. The Hall–Kier alpha value is -0.620. The molecule has 0 radical (unpaired) electrons. The molecule has 1 aromatic carbocycles. The number of carbonyl (C=O) groups is 1. The minimum atomic E-state index is -0.673. The van der Waals surface area contributed by atoms with E-state index in [4.69, 9.17) is 0 Å². The van der Waals surface area contributed by atoms with E-state index < -0.39 is 11.5 Å². The lowest BCUT2D eigenvalue weighted by Crippen LogP contribution is -2.49. The number of halogens is 1. The number of carboxylic acids is 1. The fourth-order valence-electron chi connectivity index (χ4n) is 2.77. The summed E-state index contributed by atoms with van der Waals surface area (Å²) < 4.78 is 1.21. The zero-order valence-electron chi connectivity index (χ0n) is 10.5. The van der Waals surface area contributed by atoms with E-state index >= 15 is 0 Å². The predicted molar refractivity (Wildman–Crippen MR) is 79.5 cm³/mol. The van der Waals surface area contributed by atoms with Crippen LogP contribution in [0.15, 0.2) is 24.3 Å². The number of benzene rings is 1. The molecular formula is C14H18INO2. The van der Waals surface area contributed by atoms with Crippen molar-refractivity contribution >= 4 is 28.6 Å². The summed E-state index contributed by atoms with van der Waals surface area (Å²) in [5.74, 6) is -0.673. The van der Waals surface area contributed by atoms with Crippen molar-refractivity contribution in [2.45, 2.75) is 38.3 Å². The van der Waals surface area contributed by atoms with Crippen LogP contribution in [0.1, 0.15) is 31.7 Å². The molecule has 1 aromatic rings. The maximum Gasteiger partial charge on any atom is 0.324 e. The first kappa shape index (κ1) is 13.8. The zero-order valence-corrected chi connectivity index (χ0v) is 12.7. The second kappa shape index (κ2) is 5.57. The van der Waals surface area contributed by atoms with Crippen LogP contribution in [0.5, 0.6) is 0 Å². The highest BCUT2D eigenvalue weighted by molar-refractivity contribution is 14.1. The summed E-state index contributed by atoms with van der Waals surface area (Å²) in [4.78, 5) is 13.7. The molecule has 1 N–H and O–H groups in total. The Morgan fingerprint density at radius 1 is 1.44 bits per heavy atom. The highest BCUT2D eigenvalue weighted by atomic mass is 127. The van der Waals surface area contributed by atoms with E-state index in [2.05, 4.69) is 51.8 Å². The summed E-state index contributed by atoms with van der Waals surface area (Å²) in [6.45, 7) is 3.59. The molecule has 18 heavy (non-hydrogen) atoms. The van der Waals surface area contributed by atoms with Gasteiger partial charge >= 0.3 is 5.97 Å². The lowest BCUT2D eigenvalue weighted by molar-refractivity contribution is -0.150. The first-order chi connectivity index (χ1) is 8.58. The van der Waals surface area contributed by atoms with Crippen LogP contribution in [0.4, 0.5) is 0 Å². The molecule has 1 saturated heterocycles. The summed E-state index contributed by atoms with van der Waals surface area (Å²) in [6, 6.07) is 8.31. The van der Waals surface area contributed by atoms with E-state index in [1.165, 1.54) is 9.13 Å². The van der Waals surface area contributed by atoms with E-state index in [9.17, 15) is 9.90 Å². The molecule has 1 atom stereocenters. The average Bonchev–Trinajstić information content (AvgIpc) is 2.76. The highest BCUT2D eigenvalue weighted by Gasteiger charge is 2.45. The predicted octanol–water partition coefficient (Wildman–Crippen LogP) is 3.12. The zero-order chi connectivity index (χ0) is 13.2. The summed E-state index contributed by atoms with van der Waals surface area (Å²) >= 11 is 2.28. The second-order valence-electron chi connectivity index (χ2n) is 4.84. The topological polar surface area (TPSA) is 40.5 Å². The molecule has 1 heterocycles. The largest absolute Gasteiger partial charge is 0.480 e. The summed E-state index contributed by atoms with van der Waals surface area (Å²) in [5.41, 5.74) is 0.541. The van der Waals surface area contributed by atoms with Crippen LogP contribution in [-0.4, -0.2) is 28.1 Å². The quantitative estimate of drug-likeness (QED) is 0.840. The van der Waals surface area contributed by atoms with Gasteiger partial charge in [-0.3, -0.25) is 9.69 Å². The first-order valence-electron chi connectivity index (χ1n) is 6.31. The number of carboxylic acid groups (broad SMARTS) is 1. The monoisotopic (exact) mass is 359 g/mol. The maximum atomic E-state index is 11.6. The highest BCUT2D eigenvalue weighted by Crippen LogP contribution is 2.34. The Kier molecular flexibility index (Phi) is 4.27.